The first kappa shape index (κ1) is 19.3. The molecule has 2 saturated heterocycles. The van der Waals surface area contributed by atoms with Gasteiger partial charge in [0.25, 0.3) is 0 Å². The molecule has 0 aromatic heterocycles. The zero-order valence-electron chi connectivity index (χ0n) is 15.9. The molecule has 2 atom stereocenters. The average Bonchev–Trinajstić information content (AvgIpc) is 3.01. The number of sulfonamides is 1. The first-order chi connectivity index (χ1) is 11.9. The smallest absolute Gasteiger partial charge is 0.312 e. The van der Waals surface area contributed by atoms with Gasteiger partial charge in [0.1, 0.15) is 0 Å². The molecule has 2 aliphatic heterocycles. The zero-order chi connectivity index (χ0) is 19.3. The first-order valence-electron chi connectivity index (χ1n) is 8.92. The molecule has 1 aromatic carbocycles. The van der Waals surface area contributed by atoms with E-state index in [4.69, 9.17) is 0 Å². The van der Waals surface area contributed by atoms with E-state index in [0.29, 0.717) is 26.2 Å². The molecule has 0 aliphatic carbocycles. The summed E-state index contributed by atoms with van der Waals surface area (Å²) >= 11 is 0. The van der Waals surface area contributed by atoms with Crippen LogP contribution >= 0.6 is 0 Å². The summed E-state index contributed by atoms with van der Waals surface area (Å²) in [6.45, 7) is 8.58. The fourth-order valence-corrected chi connectivity index (χ4v) is 5.08. The van der Waals surface area contributed by atoms with Crippen molar-refractivity contribution in [1.29, 1.82) is 0 Å². The topological polar surface area (TPSA) is 77.9 Å². The number of carboxylic acids is 1. The quantitative estimate of drug-likeness (QED) is 0.861. The predicted molar refractivity (Wildman–Crippen MR) is 100 cm³/mol. The summed E-state index contributed by atoms with van der Waals surface area (Å²) in [5.41, 5.74) is 1.53. The highest BCUT2D eigenvalue weighted by Gasteiger charge is 2.59. The summed E-state index contributed by atoms with van der Waals surface area (Å²) < 4.78 is 25.0. The highest BCUT2D eigenvalue weighted by atomic mass is 32.2. The van der Waals surface area contributed by atoms with Crippen LogP contribution in [0.2, 0.25) is 0 Å². The van der Waals surface area contributed by atoms with E-state index in [1.807, 2.05) is 0 Å². The van der Waals surface area contributed by atoms with Crippen LogP contribution in [0, 0.1) is 11.3 Å². The van der Waals surface area contributed by atoms with E-state index < -0.39 is 21.4 Å². The third-order valence-corrected chi connectivity index (χ3v) is 6.99. The first-order valence-corrected chi connectivity index (χ1v) is 10.8. The third kappa shape index (κ3) is 3.52. The van der Waals surface area contributed by atoms with Crippen LogP contribution in [0.5, 0.6) is 0 Å². The Bertz CT molecular complexity index is 798. The summed E-state index contributed by atoms with van der Waals surface area (Å²) in [6.07, 6.45) is 1.15. The Morgan fingerprint density at radius 3 is 2.27 bits per heavy atom. The van der Waals surface area contributed by atoms with Gasteiger partial charge in [0.05, 0.1) is 11.7 Å². The number of hydrogen-bond donors (Lipinski definition) is 1. The number of likely N-dealkylation sites (tertiary alicyclic amines) is 1. The van der Waals surface area contributed by atoms with Gasteiger partial charge in [-0.15, -0.1) is 0 Å². The number of fused-ring (bicyclic) bond motifs is 1. The second kappa shape index (κ2) is 6.32. The summed E-state index contributed by atoms with van der Waals surface area (Å²) in [5, 5.41) is 9.82. The SMILES string of the molecule is CC(C)(C)c1ccc(CN2CC3CN(S(C)(=O)=O)C[C@]3(C(=O)O)C2)cc1. The van der Waals surface area contributed by atoms with Gasteiger partial charge in [-0.3, -0.25) is 9.69 Å². The van der Waals surface area contributed by atoms with Gasteiger partial charge in [-0.25, -0.2) is 12.7 Å². The number of nitrogens with zero attached hydrogens (tertiary/aromatic N) is 2. The van der Waals surface area contributed by atoms with Gasteiger partial charge < -0.3 is 5.11 Å². The van der Waals surface area contributed by atoms with Crippen molar-refractivity contribution in [2.45, 2.75) is 32.7 Å². The number of benzene rings is 1. The zero-order valence-corrected chi connectivity index (χ0v) is 16.7. The van der Waals surface area contributed by atoms with E-state index >= 15 is 0 Å². The Kier molecular flexibility index (Phi) is 4.70. The van der Waals surface area contributed by atoms with E-state index in [9.17, 15) is 18.3 Å². The van der Waals surface area contributed by atoms with Gasteiger partial charge in [0.15, 0.2) is 0 Å². The monoisotopic (exact) mass is 380 g/mol. The predicted octanol–water partition coefficient (Wildman–Crippen LogP) is 1.76. The molecule has 0 spiro atoms. The molecule has 1 N–H and O–H groups in total. The summed E-state index contributed by atoms with van der Waals surface area (Å²) in [4.78, 5) is 14.1. The van der Waals surface area contributed by atoms with Crippen LogP contribution in [-0.2, 0) is 26.8 Å². The van der Waals surface area contributed by atoms with E-state index in [-0.39, 0.29) is 17.9 Å². The van der Waals surface area contributed by atoms with Crippen LogP contribution in [-0.4, -0.2) is 61.1 Å². The molecular formula is C19H28N2O4S. The normalized spacial score (nSPS) is 27.6. The van der Waals surface area contributed by atoms with Crippen LogP contribution < -0.4 is 0 Å². The van der Waals surface area contributed by atoms with E-state index in [1.54, 1.807) is 0 Å². The summed E-state index contributed by atoms with van der Waals surface area (Å²) in [6, 6.07) is 8.46. The van der Waals surface area contributed by atoms with Gasteiger partial charge in [0, 0.05) is 38.6 Å². The standard InChI is InChI=1S/C19H28N2O4S/c1-18(2,3)15-7-5-14(6-8-15)9-20-10-16-11-21(26(4,24)25)13-19(16,12-20)17(22)23/h5-8,16H,9-13H2,1-4H3,(H,22,23)/t16?,19-/m1/s1. The largest absolute Gasteiger partial charge is 0.481 e. The van der Waals surface area contributed by atoms with Crippen molar-refractivity contribution in [3.63, 3.8) is 0 Å². The lowest BCUT2D eigenvalue weighted by Gasteiger charge is -2.25. The van der Waals surface area contributed by atoms with Gasteiger partial charge in [0.2, 0.25) is 10.0 Å². The Morgan fingerprint density at radius 2 is 1.81 bits per heavy atom. The third-order valence-electron chi connectivity index (χ3n) is 5.77. The Hall–Kier alpha value is -1.44. The molecule has 2 fully saturated rings. The molecule has 0 bridgehead atoms. The lowest BCUT2D eigenvalue weighted by atomic mass is 9.81. The Labute approximate surface area is 155 Å². The van der Waals surface area contributed by atoms with E-state index in [2.05, 4.69) is 49.9 Å². The average molecular weight is 381 g/mol. The molecule has 0 radical (unpaired) electrons. The molecule has 26 heavy (non-hydrogen) atoms. The van der Waals surface area contributed by atoms with Crippen LogP contribution in [0.3, 0.4) is 0 Å². The molecule has 1 unspecified atom stereocenters. The highest BCUT2D eigenvalue weighted by molar-refractivity contribution is 7.88. The van der Waals surface area contributed by atoms with Crippen molar-refractivity contribution in [1.82, 2.24) is 9.21 Å². The molecule has 2 aliphatic rings. The molecule has 1 aromatic rings. The number of carboxylic acid groups (broad SMARTS) is 1. The maximum absolute atomic E-state index is 12.0. The summed E-state index contributed by atoms with van der Waals surface area (Å²) in [7, 11) is -3.36. The molecule has 0 saturated carbocycles. The van der Waals surface area contributed by atoms with Crippen LogP contribution in [0.25, 0.3) is 0 Å². The lowest BCUT2D eigenvalue weighted by molar-refractivity contribution is -0.148. The minimum atomic E-state index is -3.36. The Morgan fingerprint density at radius 1 is 1.19 bits per heavy atom. The van der Waals surface area contributed by atoms with Crippen molar-refractivity contribution in [2.24, 2.45) is 11.3 Å². The summed E-state index contributed by atoms with van der Waals surface area (Å²) in [5.74, 6) is -1.05. The maximum Gasteiger partial charge on any atom is 0.312 e. The van der Waals surface area contributed by atoms with Gasteiger partial charge in [-0.05, 0) is 16.5 Å². The van der Waals surface area contributed by atoms with E-state index in [0.717, 1.165) is 11.8 Å². The van der Waals surface area contributed by atoms with E-state index in [1.165, 1.54) is 9.87 Å². The van der Waals surface area contributed by atoms with Crippen molar-refractivity contribution >= 4 is 16.0 Å². The van der Waals surface area contributed by atoms with Crippen molar-refractivity contribution < 1.29 is 18.3 Å². The molecule has 2 heterocycles. The molecule has 3 rings (SSSR count). The molecule has 144 valence electrons. The van der Waals surface area contributed by atoms with Crippen LogP contribution in [0.15, 0.2) is 24.3 Å². The van der Waals surface area contributed by atoms with Crippen molar-refractivity contribution in [3.8, 4) is 0 Å². The minimum Gasteiger partial charge on any atom is -0.481 e. The number of carbonyl (C=O) groups is 1. The maximum atomic E-state index is 12.0. The van der Waals surface area contributed by atoms with Crippen molar-refractivity contribution in [2.75, 3.05) is 32.4 Å². The Balaban J connectivity index is 1.73. The molecular weight excluding hydrogens is 352 g/mol. The molecule has 6 nitrogen and oxygen atoms in total. The number of rotatable bonds is 4. The fourth-order valence-electron chi connectivity index (χ4n) is 4.17. The van der Waals surface area contributed by atoms with Crippen LogP contribution in [0.1, 0.15) is 31.9 Å². The van der Waals surface area contributed by atoms with Crippen molar-refractivity contribution in [3.05, 3.63) is 35.4 Å². The number of hydrogen-bond acceptors (Lipinski definition) is 4. The highest BCUT2D eigenvalue weighted by Crippen LogP contribution is 2.44. The molecule has 0 amide bonds. The number of aliphatic carboxylic acids is 1. The molecule has 7 heteroatoms. The van der Waals surface area contributed by atoms with Gasteiger partial charge in [-0.1, -0.05) is 45.0 Å². The second-order valence-electron chi connectivity index (χ2n) is 8.83. The van der Waals surface area contributed by atoms with Gasteiger partial charge in [-0.2, -0.15) is 0 Å². The van der Waals surface area contributed by atoms with Gasteiger partial charge >= 0.3 is 5.97 Å². The lowest BCUT2D eigenvalue weighted by Crippen LogP contribution is -2.41. The minimum absolute atomic E-state index is 0.0747. The van der Waals surface area contributed by atoms with Crippen LogP contribution in [0.4, 0.5) is 0 Å². The fraction of sp³-hybridized carbons (Fsp3) is 0.632. The second-order valence-corrected chi connectivity index (χ2v) is 10.8.